The first-order valence-corrected chi connectivity index (χ1v) is 10.7. The van der Waals surface area contributed by atoms with E-state index in [-0.39, 0.29) is 5.69 Å². The summed E-state index contributed by atoms with van der Waals surface area (Å²) < 4.78 is 15.9. The molecular weight excluding hydrogens is 442 g/mol. The van der Waals surface area contributed by atoms with Crippen LogP contribution >= 0.6 is 11.3 Å². The zero-order chi connectivity index (χ0) is 22.8. The number of benzene rings is 2. The molecule has 1 N–H and O–H groups in total. The van der Waals surface area contributed by atoms with E-state index in [4.69, 9.17) is 13.8 Å². The lowest BCUT2D eigenvalue weighted by Crippen LogP contribution is -2.11. The largest absolute Gasteiger partial charge is 0.497 e. The molecule has 9 nitrogen and oxygen atoms in total. The van der Waals surface area contributed by atoms with Crippen molar-refractivity contribution < 1.29 is 18.6 Å². The second kappa shape index (κ2) is 8.67. The van der Waals surface area contributed by atoms with Gasteiger partial charge in [0.15, 0.2) is 16.6 Å². The van der Waals surface area contributed by atoms with Gasteiger partial charge in [-0.05, 0) is 31.2 Å². The second-order valence-corrected chi connectivity index (χ2v) is 7.98. The van der Waals surface area contributed by atoms with Crippen molar-refractivity contribution in [1.82, 2.24) is 20.3 Å². The zero-order valence-corrected chi connectivity index (χ0v) is 18.4. The molecule has 0 atom stereocenters. The molecule has 164 valence electrons. The van der Waals surface area contributed by atoms with Crippen LogP contribution in [0.4, 0.5) is 5.13 Å². The van der Waals surface area contributed by atoms with Gasteiger partial charge in [-0.2, -0.15) is 4.98 Å². The minimum atomic E-state index is -0.436. The van der Waals surface area contributed by atoms with Gasteiger partial charge in [0.25, 0.3) is 11.8 Å². The van der Waals surface area contributed by atoms with E-state index < -0.39 is 5.91 Å². The Morgan fingerprint density at radius 3 is 2.52 bits per heavy atom. The maximum absolute atomic E-state index is 12.7. The number of nitrogens with one attached hydrogen (secondary N) is 1. The smallest absolute Gasteiger partial charge is 0.279 e. The number of aromatic nitrogens is 4. The molecular formula is C23H17N5O4S. The number of carbonyl (C=O) groups excluding carboxylic acids is 1. The first-order chi connectivity index (χ1) is 16.1. The summed E-state index contributed by atoms with van der Waals surface area (Å²) in [5, 5.41) is 11.0. The van der Waals surface area contributed by atoms with Crippen LogP contribution in [0.15, 0.2) is 69.7 Å². The minimum absolute atomic E-state index is 0.138. The van der Waals surface area contributed by atoms with Crippen LogP contribution in [0.5, 0.6) is 5.75 Å². The number of ether oxygens (including phenoxy) is 1. The Hall–Kier alpha value is -4.31. The number of nitrogens with zero attached hydrogens (tertiary/aromatic N) is 4. The molecule has 0 saturated heterocycles. The fourth-order valence-electron chi connectivity index (χ4n) is 3.10. The Labute approximate surface area is 192 Å². The average molecular weight is 459 g/mol. The lowest BCUT2D eigenvalue weighted by atomic mass is 10.1. The summed E-state index contributed by atoms with van der Waals surface area (Å²) in [5.74, 6) is 1.58. The second-order valence-electron chi connectivity index (χ2n) is 6.98. The lowest BCUT2D eigenvalue weighted by molar-refractivity contribution is 0.101. The zero-order valence-electron chi connectivity index (χ0n) is 17.6. The number of hydrogen-bond acceptors (Lipinski definition) is 9. The van der Waals surface area contributed by atoms with Crippen molar-refractivity contribution in [2.75, 3.05) is 12.4 Å². The molecule has 0 bridgehead atoms. The molecule has 0 aliphatic rings. The van der Waals surface area contributed by atoms with Crippen LogP contribution in [0.1, 0.15) is 16.2 Å². The molecule has 0 spiro atoms. The third-order valence-corrected chi connectivity index (χ3v) is 5.85. The summed E-state index contributed by atoms with van der Waals surface area (Å²) in [7, 11) is 1.60. The molecule has 5 rings (SSSR count). The van der Waals surface area contributed by atoms with Crippen LogP contribution < -0.4 is 10.1 Å². The van der Waals surface area contributed by atoms with E-state index in [1.807, 2.05) is 49.4 Å². The molecule has 0 aliphatic heterocycles. The average Bonchev–Trinajstić information content (AvgIpc) is 3.60. The van der Waals surface area contributed by atoms with Crippen molar-refractivity contribution >= 4 is 22.4 Å². The molecule has 0 radical (unpaired) electrons. The van der Waals surface area contributed by atoms with Crippen LogP contribution in [0, 0.1) is 6.92 Å². The van der Waals surface area contributed by atoms with Crippen LogP contribution in [-0.4, -0.2) is 33.3 Å². The highest BCUT2D eigenvalue weighted by molar-refractivity contribution is 7.19. The number of aryl methyl sites for hydroxylation is 1. The summed E-state index contributed by atoms with van der Waals surface area (Å²) in [4.78, 5) is 22.2. The summed E-state index contributed by atoms with van der Waals surface area (Å²) in [6.45, 7) is 1.81. The third-order valence-electron chi connectivity index (χ3n) is 4.79. The quantitative estimate of drug-likeness (QED) is 0.373. The number of carbonyl (C=O) groups is 1. The van der Waals surface area contributed by atoms with E-state index in [0.717, 1.165) is 16.9 Å². The molecule has 0 fully saturated rings. The van der Waals surface area contributed by atoms with Gasteiger partial charge < -0.3 is 13.8 Å². The van der Waals surface area contributed by atoms with E-state index in [2.05, 4.69) is 25.6 Å². The third kappa shape index (κ3) is 4.23. The predicted molar refractivity (Wildman–Crippen MR) is 122 cm³/mol. The first kappa shape index (κ1) is 20.6. The molecule has 1 amide bonds. The Morgan fingerprint density at radius 2 is 1.76 bits per heavy atom. The van der Waals surface area contributed by atoms with Crippen molar-refractivity contribution in [2.24, 2.45) is 0 Å². The Morgan fingerprint density at radius 1 is 0.970 bits per heavy atom. The maximum atomic E-state index is 12.7. The van der Waals surface area contributed by atoms with Gasteiger partial charge in [-0.3, -0.25) is 10.1 Å². The number of hydrogen-bond donors (Lipinski definition) is 1. The predicted octanol–water partition coefficient (Wildman–Crippen LogP) is 5.08. The molecule has 10 heteroatoms. The fraction of sp³-hybridized carbons (Fsp3) is 0.0870. The minimum Gasteiger partial charge on any atom is -0.497 e. The van der Waals surface area contributed by atoms with Crippen molar-refractivity contribution in [3.8, 4) is 39.2 Å². The van der Waals surface area contributed by atoms with Gasteiger partial charge in [0.05, 0.1) is 12.8 Å². The summed E-state index contributed by atoms with van der Waals surface area (Å²) in [6, 6.07) is 18.4. The van der Waals surface area contributed by atoms with Gasteiger partial charge in [-0.25, -0.2) is 4.98 Å². The van der Waals surface area contributed by atoms with Crippen molar-refractivity contribution in [3.05, 3.63) is 72.1 Å². The van der Waals surface area contributed by atoms with Crippen molar-refractivity contribution in [2.45, 2.75) is 6.92 Å². The van der Waals surface area contributed by atoms with Crippen LogP contribution in [0.2, 0.25) is 0 Å². The highest BCUT2D eigenvalue weighted by Gasteiger charge is 2.20. The molecule has 0 saturated carbocycles. The van der Waals surface area contributed by atoms with Gasteiger partial charge in [-0.1, -0.05) is 52.0 Å². The van der Waals surface area contributed by atoms with Gasteiger partial charge in [0.2, 0.25) is 5.82 Å². The van der Waals surface area contributed by atoms with Crippen molar-refractivity contribution in [1.29, 1.82) is 0 Å². The first-order valence-electron chi connectivity index (χ1n) is 9.90. The molecule has 2 aromatic carbocycles. The summed E-state index contributed by atoms with van der Waals surface area (Å²) in [5.41, 5.74) is 2.43. The molecule has 5 aromatic rings. The molecule has 3 aromatic heterocycles. The van der Waals surface area contributed by atoms with Crippen LogP contribution in [0.25, 0.3) is 33.5 Å². The number of anilines is 1. The number of thiazole rings is 1. The monoisotopic (exact) mass is 459 g/mol. The topological polar surface area (TPSA) is 116 Å². The van der Waals surface area contributed by atoms with Crippen molar-refractivity contribution in [3.63, 3.8) is 0 Å². The lowest BCUT2D eigenvalue weighted by Gasteiger charge is -1.99. The van der Waals surface area contributed by atoms with E-state index in [1.165, 1.54) is 11.3 Å². The maximum Gasteiger partial charge on any atom is 0.279 e. The van der Waals surface area contributed by atoms with E-state index in [0.29, 0.717) is 33.2 Å². The van der Waals surface area contributed by atoms with E-state index in [1.54, 1.807) is 25.3 Å². The molecule has 33 heavy (non-hydrogen) atoms. The Kier molecular flexibility index (Phi) is 5.41. The van der Waals surface area contributed by atoms with E-state index >= 15 is 0 Å². The molecule has 0 unspecified atom stereocenters. The standard InChI is InChI=1S/C23H17N5O4S/c1-13-19(22-25-20(28-32-22)15-6-4-3-5-7-15)33-23(24-13)26-21(29)17-12-18(31-27-17)14-8-10-16(30-2)11-9-14/h3-12H,1-2H3,(H,24,26,29). The van der Waals surface area contributed by atoms with Crippen LogP contribution in [0.3, 0.4) is 0 Å². The van der Waals surface area contributed by atoms with Crippen LogP contribution in [-0.2, 0) is 0 Å². The van der Waals surface area contributed by atoms with Gasteiger partial charge in [0.1, 0.15) is 10.6 Å². The Bertz CT molecular complexity index is 1410. The Balaban J connectivity index is 1.32. The fourth-order valence-corrected chi connectivity index (χ4v) is 3.99. The number of amides is 1. The van der Waals surface area contributed by atoms with Gasteiger partial charge in [0, 0.05) is 17.2 Å². The number of methoxy groups -OCH3 is 1. The molecule has 3 heterocycles. The normalized spacial score (nSPS) is 10.8. The van der Waals surface area contributed by atoms with E-state index in [9.17, 15) is 4.79 Å². The van der Waals surface area contributed by atoms with Gasteiger partial charge in [-0.15, -0.1) is 0 Å². The summed E-state index contributed by atoms with van der Waals surface area (Å²) in [6.07, 6.45) is 0. The summed E-state index contributed by atoms with van der Waals surface area (Å²) >= 11 is 1.24. The highest BCUT2D eigenvalue weighted by atomic mass is 32.1. The molecule has 0 aliphatic carbocycles. The number of rotatable bonds is 6. The SMILES string of the molecule is COc1ccc(-c2cc(C(=O)Nc3nc(C)c(-c4nc(-c5ccccc5)no4)s3)no2)cc1. The highest BCUT2D eigenvalue weighted by Crippen LogP contribution is 2.33. The van der Waals surface area contributed by atoms with Gasteiger partial charge >= 0.3 is 0 Å².